The first-order valence-electron chi connectivity index (χ1n) is 2.61. The standard InChI is InChI=1S/C6H7NO/c1-2-5-3-7-6(5)4-8/h3-4H,2H2,1H3. The van der Waals surface area contributed by atoms with Crippen molar-refractivity contribution >= 4 is 12.5 Å². The Balaban J connectivity index is 2.64. The van der Waals surface area contributed by atoms with E-state index in [0.717, 1.165) is 18.3 Å². The highest BCUT2D eigenvalue weighted by Crippen LogP contribution is 2.13. The average molecular weight is 109 g/mol. The lowest BCUT2D eigenvalue weighted by molar-refractivity contribution is -0.105. The van der Waals surface area contributed by atoms with Crippen molar-refractivity contribution < 1.29 is 4.79 Å². The molecule has 0 saturated carbocycles. The maximum absolute atomic E-state index is 9.98. The van der Waals surface area contributed by atoms with Crippen molar-refractivity contribution in [2.75, 3.05) is 0 Å². The Labute approximate surface area is 47.9 Å². The van der Waals surface area contributed by atoms with Crippen molar-refractivity contribution in [2.24, 2.45) is 4.99 Å². The topological polar surface area (TPSA) is 29.4 Å². The van der Waals surface area contributed by atoms with Gasteiger partial charge in [0, 0.05) is 6.21 Å². The molecule has 0 saturated heterocycles. The van der Waals surface area contributed by atoms with Gasteiger partial charge in [-0.25, -0.2) is 0 Å². The molecular formula is C6H7NO. The van der Waals surface area contributed by atoms with Crippen molar-refractivity contribution in [3.05, 3.63) is 11.3 Å². The van der Waals surface area contributed by atoms with Crippen LogP contribution in [-0.4, -0.2) is 12.5 Å². The molecule has 8 heavy (non-hydrogen) atoms. The molecule has 0 bridgehead atoms. The van der Waals surface area contributed by atoms with Crippen LogP contribution in [0.15, 0.2) is 16.3 Å². The minimum atomic E-state index is 0.618. The summed E-state index contributed by atoms with van der Waals surface area (Å²) in [6, 6.07) is 0. The second-order valence-corrected chi connectivity index (χ2v) is 1.64. The molecule has 0 spiro atoms. The van der Waals surface area contributed by atoms with E-state index in [9.17, 15) is 4.79 Å². The summed E-state index contributed by atoms with van der Waals surface area (Å²) in [6.07, 6.45) is 3.43. The smallest absolute Gasteiger partial charge is 0.168 e. The average Bonchev–Trinajstić information content (AvgIpc) is 1.66. The molecule has 0 atom stereocenters. The molecule has 2 heteroatoms. The first-order chi connectivity index (χ1) is 3.88. The molecule has 0 radical (unpaired) electrons. The Morgan fingerprint density at radius 1 is 1.88 bits per heavy atom. The molecule has 0 fully saturated rings. The van der Waals surface area contributed by atoms with Crippen LogP contribution >= 0.6 is 0 Å². The van der Waals surface area contributed by atoms with E-state index in [2.05, 4.69) is 4.99 Å². The van der Waals surface area contributed by atoms with Gasteiger partial charge in [0.1, 0.15) is 5.70 Å². The number of aliphatic imine (C=N–C) groups is 1. The molecule has 1 aliphatic rings. The zero-order valence-electron chi connectivity index (χ0n) is 4.72. The predicted octanol–water partition coefficient (Wildman–Crippen LogP) is 0.934. The van der Waals surface area contributed by atoms with E-state index in [-0.39, 0.29) is 0 Å². The van der Waals surface area contributed by atoms with E-state index in [1.807, 2.05) is 6.92 Å². The van der Waals surface area contributed by atoms with Crippen LogP contribution in [0.4, 0.5) is 0 Å². The van der Waals surface area contributed by atoms with Crippen molar-refractivity contribution in [3.8, 4) is 0 Å². The molecule has 42 valence electrons. The Hall–Kier alpha value is -0.920. The molecule has 0 N–H and O–H groups in total. The molecule has 1 aliphatic heterocycles. The Morgan fingerprint density at radius 3 is 2.75 bits per heavy atom. The Bertz CT molecular complexity index is 163. The first-order valence-corrected chi connectivity index (χ1v) is 2.61. The molecule has 0 aromatic carbocycles. The molecule has 1 rings (SSSR count). The fourth-order valence-electron chi connectivity index (χ4n) is 0.609. The van der Waals surface area contributed by atoms with Gasteiger partial charge in [0.15, 0.2) is 6.29 Å². The second kappa shape index (κ2) is 1.90. The summed E-state index contributed by atoms with van der Waals surface area (Å²) in [5.74, 6) is 0. The molecule has 0 aromatic rings. The van der Waals surface area contributed by atoms with Gasteiger partial charge in [0.2, 0.25) is 0 Å². The van der Waals surface area contributed by atoms with Gasteiger partial charge in [-0.3, -0.25) is 9.79 Å². The monoisotopic (exact) mass is 109 g/mol. The van der Waals surface area contributed by atoms with Crippen LogP contribution in [0.2, 0.25) is 0 Å². The lowest BCUT2D eigenvalue weighted by Crippen LogP contribution is -2.00. The van der Waals surface area contributed by atoms with E-state index in [0.29, 0.717) is 5.70 Å². The summed E-state index contributed by atoms with van der Waals surface area (Å²) in [6.45, 7) is 2.00. The molecule has 1 heterocycles. The van der Waals surface area contributed by atoms with Gasteiger partial charge in [-0.15, -0.1) is 0 Å². The van der Waals surface area contributed by atoms with Gasteiger partial charge in [-0.05, 0) is 12.0 Å². The number of carbonyl (C=O) groups is 1. The number of aldehydes is 1. The second-order valence-electron chi connectivity index (χ2n) is 1.64. The van der Waals surface area contributed by atoms with E-state index >= 15 is 0 Å². The van der Waals surface area contributed by atoms with E-state index in [4.69, 9.17) is 0 Å². The van der Waals surface area contributed by atoms with Crippen LogP contribution in [0, 0.1) is 0 Å². The van der Waals surface area contributed by atoms with Gasteiger partial charge < -0.3 is 0 Å². The molecule has 0 unspecified atom stereocenters. The third-order valence-corrected chi connectivity index (χ3v) is 1.18. The van der Waals surface area contributed by atoms with Crippen LogP contribution < -0.4 is 0 Å². The summed E-state index contributed by atoms with van der Waals surface area (Å²) in [5, 5.41) is 0. The van der Waals surface area contributed by atoms with Gasteiger partial charge in [-0.2, -0.15) is 0 Å². The number of rotatable bonds is 2. The SMILES string of the molecule is CCC1=C(C=O)N=C1. The summed E-state index contributed by atoms with van der Waals surface area (Å²) in [7, 11) is 0. The van der Waals surface area contributed by atoms with Gasteiger partial charge >= 0.3 is 0 Å². The lowest BCUT2D eigenvalue weighted by Gasteiger charge is -2.05. The van der Waals surface area contributed by atoms with Crippen molar-refractivity contribution in [2.45, 2.75) is 13.3 Å². The third kappa shape index (κ3) is 0.579. The maximum Gasteiger partial charge on any atom is 0.168 e. The third-order valence-electron chi connectivity index (χ3n) is 1.18. The van der Waals surface area contributed by atoms with Crippen molar-refractivity contribution in [1.82, 2.24) is 0 Å². The van der Waals surface area contributed by atoms with Crippen molar-refractivity contribution in [3.63, 3.8) is 0 Å². The van der Waals surface area contributed by atoms with Gasteiger partial charge in [0.05, 0.1) is 0 Å². The predicted molar refractivity (Wildman–Crippen MR) is 31.9 cm³/mol. The zero-order chi connectivity index (χ0) is 5.98. The normalized spacial score (nSPS) is 16.1. The molecular weight excluding hydrogens is 102 g/mol. The molecule has 2 nitrogen and oxygen atoms in total. The fourth-order valence-corrected chi connectivity index (χ4v) is 0.609. The number of carbonyl (C=O) groups excluding carboxylic acids is 1. The van der Waals surface area contributed by atoms with E-state index in [1.165, 1.54) is 0 Å². The molecule has 0 aromatic heterocycles. The minimum absolute atomic E-state index is 0.618. The van der Waals surface area contributed by atoms with Crippen LogP contribution in [0.25, 0.3) is 0 Å². The van der Waals surface area contributed by atoms with Crippen LogP contribution in [0.1, 0.15) is 13.3 Å². The highest BCUT2D eigenvalue weighted by atomic mass is 16.1. The maximum atomic E-state index is 9.98. The minimum Gasteiger partial charge on any atom is -0.296 e. The van der Waals surface area contributed by atoms with E-state index in [1.54, 1.807) is 6.21 Å². The number of hydrogen-bond donors (Lipinski definition) is 0. The van der Waals surface area contributed by atoms with Gasteiger partial charge in [0.25, 0.3) is 0 Å². The largest absolute Gasteiger partial charge is 0.296 e. The Morgan fingerprint density at radius 2 is 2.62 bits per heavy atom. The van der Waals surface area contributed by atoms with Crippen molar-refractivity contribution in [1.29, 1.82) is 0 Å². The first kappa shape index (κ1) is 5.22. The summed E-state index contributed by atoms with van der Waals surface area (Å²) in [5.41, 5.74) is 1.69. The number of nitrogens with zero attached hydrogens (tertiary/aromatic N) is 1. The highest BCUT2D eigenvalue weighted by molar-refractivity contribution is 5.97. The summed E-state index contributed by atoms with van der Waals surface area (Å²) >= 11 is 0. The number of hydrogen-bond acceptors (Lipinski definition) is 2. The molecule has 0 aliphatic carbocycles. The highest BCUT2D eigenvalue weighted by Gasteiger charge is 2.06. The number of allylic oxidation sites excluding steroid dienone is 2. The van der Waals surface area contributed by atoms with Crippen LogP contribution in [-0.2, 0) is 4.79 Å². The lowest BCUT2D eigenvalue weighted by atomic mass is 10.1. The quantitative estimate of drug-likeness (QED) is 0.485. The Kier molecular flexibility index (Phi) is 1.24. The molecule has 0 amide bonds. The van der Waals surface area contributed by atoms with E-state index < -0.39 is 0 Å². The van der Waals surface area contributed by atoms with Crippen LogP contribution in [0.5, 0.6) is 0 Å². The fraction of sp³-hybridized carbons (Fsp3) is 0.333. The van der Waals surface area contributed by atoms with Gasteiger partial charge in [-0.1, -0.05) is 6.92 Å². The summed E-state index contributed by atoms with van der Waals surface area (Å²) in [4.78, 5) is 13.7. The summed E-state index contributed by atoms with van der Waals surface area (Å²) < 4.78 is 0. The van der Waals surface area contributed by atoms with Crippen LogP contribution in [0.3, 0.4) is 0 Å². The zero-order valence-corrected chi connectivity index (χ0v) is 4.72.